The Bertz CT molecular complexity index is 888. The molecule has 1 aromatic carbocycles. The predicted molar refractivity (Wildman–Crippen MR) is 88.2 cm³/mol. The van der Waals surface area contributed by atoms with E-state index in [0.717, 1.165) is 23.2 Å². The summed E-state index contributed by atoms with van der Waals surface area (Å²) in [6, 6.07) is 13.1. The monoisotopic (exact) mass is 328 g/mol. The highest BCUT2D eigenvalue weighted by Crippen LogP contribution is 2.14. The van der Waals surface area contributed by atoms with E-state index in [0.29, 0.717) is 6.54 Å². The molecule has 6 nitrogen and oxygen atoms in total. The van der Waals surface area contributed by atoms with Gasteiger partial charge in [0, 0.05) is 25.2 Å². The third-order valence-corrected chi connectivity index (χ3v) is 4.29. The zero-order chi connectivity index (χ0) is 16.3. The smallest absolute Gasteiger partial charge is 0.192 e. The standard InChI is InChI=1S/C16H16N4O2S/c1-23(21,22)16-7-6-14(12-18-16)17-11-13-4-2-5-15(10-13)20-9-3-8-19-20/h2-10,12,17H,11H2,1H3. The molecule has 0 atom stereocenters. The van der Waals surface area contributed by atoms with Gasteiger partial charge >= 0.3 is 0 Å². The van der Waals surface area contributed by atoms with Crippen molar-refractivity contribution >= 4 is 15.5 Å². The van der Waals surface area contributed by atoms with Gasteiger partial charge in [-0.05, 0) is 35.9 Å². The summed E-state index contributed by atoms with van der Waals surface area (Å²) in [5.41, 5.74) is 2.84. The number of pyridine rings is 1. The van der Waals surface area contributed by atoms with Crippen molar-refractivity contribution in [1.82, 2.24) is 14.8 Å². The van der Waals surface area contributed by atoms with E-state index in [1.165, 1.54) is 12.3 Å². The fourth-order valence-electron chi connectivity index (χ4n) is 2.14. The van der Waals surface area contributed by atoms with E-state index in [1.54, 1.807) is 16.9 Å². The summed E-state index contributed by atoms with van der Waals surface area (Å²) in [5, 5.41) is 7.51. The Hall–Kier alpha value is -2.67. The summed E-state index contributed by atoms with van der Waals surface area (Å²) in [5.74, 6) is 0. The Morgan fingerprint density at radius 2 is 2.04 bits per heavy atom. The highest BCUT2D eigenvalue weighted by Gasteiger charge is 2.07. The lowest BCUT2D eigenvalue weighted by atomic mass is 10.2. The van der Waals surface area contributed by atoms with Crippen molar-refractivity contribution in [3.05, 3.63) is 66.6 Å². The first-order chi connectivity index (χ1) is 11.0. The number of nitrogens with one attached hydrogen (secondary N) is 1. The minimum absolute atomic E-state index is 0.0729. The van der Waals surface area contributed by atoms with E-state index in [1.807, 2.05) is 36.5 Å². The lowest BCUT2D eigenvalue weighted by molar-refractivity contribution is 0.598. The van der Waals surface area contributed by atoms with E-state index in [2.05, 4.69) is 15.4 Å². The highest BCUT2D eigenvalue weighted by molar-refractivity contribution is 7.90. The van der Waals surface area contributed by atoms with Crippen molar-refractivity contribution in [2.24, 2.45) is 0 Å². The summed E-state index contributed by atoms with van der Waals surface area (Å²) in [4.78, 5) is 3.96. The molecule has 0 bridgehead atoms. The van der Waals surface area contributed by atoms with Crippen LogP contribution in [0.4, 0.5) is 5.69 Å². The molecule has 0 saturated carbocycles. The van der Waals surface area contributed by atoms with Crippen LogP contribution in [0, 0.1) is 0 Å². The van der Waals surface area contributed by atoms with Crippen LogP contribution in [0.3, 0.4) is 0 Å². The van der Waals surface area contributed by atoms with Gasteiger partial charge in [-0.25, -0.2) is 18.1 Å². The Labute approximate surface area is 134 Å². The second-order valence-corrected chi connectivity index (χ2v) is 7.09. The molecule has 0 unspecified atom stereocenters. The Morgan fingerprint density at radius 1 is 1.17 bits per heavy atom. The molecule has 0 radical (unpaired) electrons. The second-order valence-electron chi connectivity index (χ2n) is 5.13. The minimum atomic E-state index is -3.27. The van der Waals surface area contributed by atoms with E-state index >= 15 is 0 Å². The van der Waals surface area contributed by atoms with Crippen molar-refractivity contribution in [2.45, 2.75) is 11.6 Å². The lowest BCUT2D eigenvalue weighted by Crippen LogP contribution is -2.04. The van der Waals surface area contributed by atoms with Crippen molar-refractivity contribution in [3.63, 3.8) is 0 Å². The van der Waals surface area contributed by atoms with Crippen LogP contribution in [0.2, 0.25) is 0 Å². The van der Waals surface area contributed by atoms with E-state index in [9.17, 15) is 8.42 Å². The molecule has 0 aliphatic heterocycles. The van der Waals surface area contributed by atoms with Crippen LogP contribution in [0.25, 0.3) is 5.69 Å². The van der Waals surface area contributed by atoms with Gasteiger partial charge in [-0.2, -0.15) is 5.10 Å². The molecule has 3 aromatic rings. The maximum atomic E-state index is 11.4. The number of benzene rings is 1. The van der Waals surface area contributed by atoms with E-state index < -0.39 is 9.84 Å². The highest BCUT2D eigenvalue weighted by atomic mass is 32.2. The van der Waals surface area contributed by atoms with E-state index in [-0.39, 0.29) is 5.03 Å². The van der Waals surface area contributed by atoms with Crippen molar-refractivity contribution < 1.29 is 8.42 Å². The molecule has 1 N–H and O–H groups in total. The van der Waals surface area contributed by atoms with Crippen LogP contribution in [-0.2, 0) is 16.4 Å². The minimum Gasteiger partial charge on any atom is -0.380 e. The Kier molecular flexibility index (Phi) is 4.12. The van der Waals surface area contributed by atoms with Crippen LogP contribution in [0.5, 0.6) is 0 Å². The molecule has 0 aliphatic rings. The summed E-state index contributed by atoms with van der Waals surface area (Å²) in [6.45, 7) is 0.606. The number of rotatable bonds is 5. The number of aromatic nitrogens is 3. The van der Waals surface area contributed by atoms with E-state index in [4.69, 9.17) is 0 Å². The zero-order valence-electron chi connectivity index (χ0n) is 12.5. The number of hydrogen-bond donors (Lipinski definition) is 1. The van der Waals surface area contributed by atoms with Crippen molar-refractivity contribution in [1.29, 1.82) is 0 Å². The van der Waals surface area contributed by atoms with Gasteiger partial charge in [-0.15, -0.1) is 0 Å². The molecule has 118 valence electrons. The molecule has 0 fully saturated rings. The van der Waals surface area contributed by atoms with Gasteiger partial charge in [0.25, 0.3) is 0 Å². The number of hydrogen-bond acceptors (Lipinski definition) is 5. The predicted octanol–water partition coefficient (Wildman–Crippen LogP) is 2.28. The molecule has 0 spiro atoms. The van der Waals surface area contributed by atoms with Crippen LogP contribution in [0.15, 0.2) is 66.1 Å². The maximum Gasteiger partial charge on any atom is 0.192 e. The second kappa shape index (κ2) is 6.21. The maximum absolute atomic E-state index is 11.4. The van der Waals surface area contributed by atoms with Gasteiger partial charge < -0.3 is 5.32 Å². The average molecular weight is 328 g/mol. The summed E-state index contributed by atoms with van der Waals surface area (Å²) >= 11 is 0. The molecule has 7 heteroatoms. The van der Waals surface area contributed by atoms with Crippen LogP contribution < -0.4 is 5.32 Å². The third-order valence-electron chi connectivity index (χ3n) is 3.29. The van der Waals surface area contributed by atoms with Gasteiger partial charge in [0.05, 0.1) is 17.6 Å². The molecule has 0 aliphatic carbocycles. The van der Waals surface area contributed by atoms with Crippen molar-refractivity contribution in [3.8, 4) is 5.69 Å². The third kappa shape index (κ3) is 3.75. The van der Waals surface area contributed by atoms with Gasteiger partial charge in [0.1, 0.15) is 0 Å². The zero-order valence-corrected chi connectivity index (χ0v) is 13.4. The Morgan fingerprint density at radius 3 is 2.70 bits per heavy atom. The van der Waals surface area contributed by atoms with Crippen LogP contribution in [0.1, 0.15) is 5.56 Å². The first-order valence-electron chi connectivity index (χ1n) is 7.01. The summed E-state index contributed by atoms with van der Waals surface area (Å²) < 4.78 is 24.6. The van der Waals surface area contributed by atoms with Gasteiger partial charge in [-0.1, -0.05) is 12.1 Å². The number of nitrogens with zero attached hydrogens (tertiary/aromatic N) is 3. The van der Waals surface area contributed by atoms with Crippen LogP contribution >= 0.6 is 0 Å². The number of sulfone groups is 1. The molecular weight excluding hydrogens is 312 g/mol. The van der Waals surface area contributed by atoms with Gasteiger partial charge in [0.15, 0.2) is 14.9 Å². The largest absolute Gasteiger partial charge is 0.380 e. The quantitative estimate of drug-likeness (QED) is 0.777. The van der Waals surface area contributed by atoms with Crippen molar-refractivity contribution in [2.75, 3.05) is 11.6 Å². The molecule has 2 aromatic heterocycles. The van der Waals surface area contributed by atoms with Gasteiger partial charge in [-0.3, -0.25) is 0 Å². The average Bonchev–Trinajstić information content (AvgIpc) is 3.07. The van der Waals surface area contributed by atoms with Gasteiger partial charge in [0.2, 0.25) is 0 Å². The summed E-state index contributed by atoms with van der Waals surface area (Å²) in [7, 11) is -3.27. The molecular formula is C16H16N4O2S. The fraction of sp³-hybridized carbons (Fsp3) is 0.125. The summed E-state index contributed by atoms with van der Waals surface area (Å²) in [6.07, 6.45) is 6.29. The Balaban J connectivity index is 1.70. The number of anilines is 1. The first-order valence-corrected chi connectivity index (χ1v) is 8.90. The SMILES string of the molecule is CS(=O)(=O)c1ccc(NCc2cccc(-n3cccn3)c2)cn1. The lowest BCUT2D eigenvalue weighted by Gasteiger charge is -2.08. The molecule has 3 rings (SSSR count). The topological polar surface area (TPSA) is 76.9 Å². The molecule has 23 heavy (non-hydrogen) atoms. The first kappa shape index (κ1) is 15.2. The molecule has 0 saturated heterocycles. The molecule has 2 heterocycles. The normalized spacial score (nSPS) is 11.3. The molecule has 0 amide bonds. The fourth-order valence-corrected chi connectivity index (χ4v) is 2.70. The van der Waals surface area contributed by atoms with Crippen LogP contribution in [-0.4, -0.2) is 29.4 Å².